The van der Waals surface area contributed by atoms with Crippen LogP contribution in [0.3, 0.4) is 0 Å². The van der Waals surface area contributed by atoms with E-state index in [2.05, 4.69) is 50.7 Å². The summed E-state index contributed by atoms with van der Waals surface area (Å²) in [7, 11) is -3.39. The molecule has 3 aromatic rings. The van der Waals surface area contributed by atoms with Crippen LogP contribution in [0.2, 0.25) is 0 Å². The molecule has 1 aliphatic rings. The lowest BCUT2D eigenvalue weighted by Crippen LogP contribution is -2.40. The first-order valence-electron chi connectivity index (χ1n) is 9.45. The molecule has 28 heavy (non-hydrogen) atoms. The Morgan fingerprint density at radius 2 is 1.75 bits per heavy atom. The SMILES string of the molecule is O=S(=O)(Cc1ccccc1)NCC(c1ccsc1)N1CCc2ccccc2C1. The maximum absolute atomic E-state index is 12.6. The highest BCUT2D eigenvalue weighted by atomic mass is 32.2. The fourth-order valence-electron chi connectivity index (χ4n) is 3.76. The lowest BCUT2D eigenvalue weighted by Gasteiger charge is -2.35. The number of hydrogen-bond donors (Lipinski definition) is 1. The molecular formula is C22H24N2O2S2. The molecule has 0 spiro atoms. The Kier molecular flexibility index (Phi) is 5.92. The van der Waals surface area contributed by atoms with Crippen molar-refractivity contribution in [3.05, 3.63) is 93.7 Å². The van der Waals surface area contributed by atoms with Crippen LogP contribution in [0.1, 0.15) is 28.3 Å². The van der Waals surface area contributed by atoms with E-state index in [9.17, 15) is 8.42 Å². The molecule has 4 rings (SSSR count). The molecule has 0 saturated heterocycles. The Morgan fingerprint density at radius 3 is 2.50 bits per heavy atom. The third-order valence-electron chi connectivity index (χ3n) is 5.23. The minimum atomic E-state index is -3.39. The normalized spacial score (nSPS) is 15.9. The van der Waals surface area contributed by atoms with Crippen LogP contribution < -0.4 is 4.72 Å². The number of rotatable bonds is 7. The maximum atomic E-state index is 12.6. The van der Waals surface area contributed by atoms with Crippen LogP contribution >= 0.6 is 11.3 Å². The molecule has 0 bridgehead atoms. The minimum absolute atomic E-state index is 0.00697. The van der Waals surface area contributed by atoms with Gasteiger partial charge in [-0.2, -0.15) is 11.3 Å². The van der Waals surface area contributed by atoms with Gasteiger partial charge in [0.1, 0.15) is 0 Å². The Bertz CT molecular complexity index is 1000. The quantitative estimate of drug-likeness (QED) is 0.639. The molecule has 2 heterocycles. The third kappa shape index (κ3) is 4.70. The molecule has 0 aliphatic carbocycles. The van der Waals surface area contributed by atoms with Crippen molar-refractivity contribution in [2.45, 2.75) is 24.8 Å². The molecule has 1 aliphatic heterocycles. The largest absolute Gasteiger partial charge is 0.290 e. The van der Waals surface area contributed by atoms with Gasteiger partial charge < -0.3 is 0 Å². The molecule has 0 fully saturated rings. The predicted octanol–water partition coefficient (Wildman–Crippen LogP) is 3.97. The van der Waals surface area contributed by atoms with Crippen molar-refractivity contribution < 1.29 is 8.42 Å². The average Bonchev–Trinajstić information content (AvgIpc) is 3.23. The summed E-state index contributed by atoms with van der Waals surface area (Å²) >= 11 is 1.65. The van der Waals surface area contributed by atoms with Crippen LogP contribution in [0.5, 0.6) is 0 Å². The third-order valence-corrected chi connectivity index (χ3v) is 7.25. The van der Waals surface area contributed by atoms with Gasteiger partial charge in [-0.15, -0.1) is 0 Å². The van der Waals surface area contributed by atoms with E-state index in [4.69, 9.17) is 0 Å². The average molecular weight is 413 g/mol. The summed E-state index contributed by atoms with van der Waals surface area (Å²) in [5.41, 5.74) is 4.70. The lowest BCUT2D eigenvalue weighted by atomic mass is 9.97. The zero-order valence-corrected chi connectivity index (χ0v) is 17.3. The molecular weight excluding hydrogens is 388 g/mol. The van der Waals surface area contributed by atoms with E-state index in [0.717, 1.165) is 25.1 Å². The van der Waals surface area contributed by atoms with Crippen molar-refractivity contribution in [3.63, 3.8) is 0 Å². The fraction of sp³-hybridized carbons (Fsp3) is 0.273. The summed E-state index contributed by atoms with van der Waals surface area (Å²) in [6, 6.07) is 20.0. The molecule has 0 amide bonds. The first-order valence-corrected chi connectivity index (χ1v) is 12.0. The molecule has 0 saturated carbocycles. The van der Waals surface area contributed by atoms with E-state index < -0.39 is 10.0 Å². The van der Waals surface area contributed by atoms with Gasteiger partial charge >= 0.3 is 0 Å². The first kappa shape index (κ1) is 19.3. The standard InChI is InChI=1S/C22H24N2O2S2/c25-28(26,17-18-6-2-1-3-7-18)23-14-22(21-11-13-27-16-21)24-12-10-19-8-4-5-9-20(19)15-24/h1-9,11,13,16,22-23H,10,12,14-15,17H2. The summed E-state index contributed by atoms with van der Waals surface area (Å²) in [5.74, 6) is 0.00697. The van der Waals surface area contributed by atoms with Gasteiger partial charge in [0, 0.05) is 25.7 Å². The molecule has 1 aromatic heterocycles. The second-order valence-corrected chi connectivity index (χ2v) is 9.74. The van der Waals surface area contributed by atoms with Crippen LogP contribution in [0, 0.1) is 0 Å². The first-order chi connectivity index (χ1) is 13.6. The smallest absolute Gasteiger partial charge is 0.215 e. The van der Waals surface area contributed by atoms with Gasteiger partial charge in [0.2, 0.25) is 10.0 Å². The van der Waals surface area contributed by atoms with Gasteiger partial charge in [0.05, 0.1) is 5.75 Å². The summed E-state index contributed by atoms with van der Waals surface area (Å²) < 4.78 is 28.1. The summed E-state index contributed by atoms with van der Waals surface area (Å²) in [5, 5.41) is 4.18. The van der Waals surface area contributed by atoms with E-state index in [1.165, 1.54) is 16.7 Å². The topological polar surface area (TPSA) is 49.4 Å². The Hall–Kier alpha value is -1.99. The second-order valence-electron chi connectivity index (χ2n) is 7.15. The van der Waals surface area contributed by atoms with E-state index >= 15 is 0 Å². The van der Waals surface area contributed by atoms with Gasteiger partial charge in [0.25, 0.3) is 0 Å². The van der Waals surface area contributed by atoms with Crippen LogP contribution in [0.4, 0.5) is 0 Å². The van der Waals surface area contributed by atoms with Gasteiger partial charge in [-0.25, -0.2) is 13.1 Å². The molecule has 1 atom stereocenters. The summed E-state index contributed by atoms with van der Waals surface area (Å²) in [4.78, 5) is 2.38. The molecule has 0 radical (unpaired) electrons. The summed E-state index contributed by atoms with van der Waals surface area (Å²) in [6.07, 6.45) is 0.994. The van der Waals surface area contributed by atoms with Crippen molar-refractivity contribution >= 4 is 21.4 Å². The fourth-order valence-corrected chi connectivity index (χ4v) is 5.61. The van der Waals surface area contributed by atoms with Crippen molar-refractivity contribution in [2.24, 2.45) is 0 Å². The van der Waals surface area contributed by atoms with E-state index in [-0.39, 0.29) is 11.8 Å². The Labute approximate surface area is 170 Å². The maximum Gasteiger partial charge on any atom is 0.215 e. The number of sulfonamides is 1. The molecule has 4 nitrogen and oxygen atoms in total. The Balaban J connectivity index is 1.49. The van der Waals surface area contributed by atoms with Gasteiger partial charge in [-0.1, -0.05) is 54.6 Å². The summed E-state index contributed by atoms with van der Waals surface area (Å²) in [6.45, 7) is 2.16. The van der Waals surface area contributed by atoms with Crippen molar-refractivity contribution in [2.75, 3.05) is 13.1 Å². The molecule has 6 heteroatoms. The van der Waals surface area contributed by atoms with E-state index in [1.54, 1.807) is 11.3 Å². The molecule has 2 aromatic carbocycles. The highest BCUT2D eigenvalue weighted by molar-refractivity contribution is 7.88. The van der Waals surface area contributed by atoms with Crippen LogP contribution in [-0.4, -0.2) is 26.4 Å². The van der Waals surface area contributed by atoms with Gasteiger partial charge in [-0.05, 0) is 45.5 Å². The number of thiophene rings is 1. The van der Waals surface area contributed by atoms with Crippen LogP contribution in [0.25, 0.3) is 0 Å². The second kappa shape index (κ2) is 8.57. The van der Waals surface area contributed by atoms with Crippen LogP contribution in [-0.2, 0) is 28.7 Å². The number of benzene rings is 2. The monoisotopic (exact) mass is 412 g/mol. The zero-order chi connectivity index (χ0) is 19.4. The number of nitrogens with zero attached hydrogens (tertiary/aromatic N) is 1. The van der Waals surface area contributed by atoms with Crippen molar-refractivity contribution in [1.82, 2.24) is 9.62 Å². The number of nitrogens with one attached hydrogen (secondary N) is 1. The van der Waals surface area contributed by atoms with Gasteiger partial charge in [-0.3, -0.25) is 4.90 Å². The van der Waals surface area contributed by atoms with Crippen molar-refractivity contribution in [3.8, 4) is 0 Å². The number of hydrogen-bond acceptors (Lipinski definition) is 4. The highest BCUT2D eigenvalue weighted by Crippen LogP contribution is 2.29. The van der Waals surface area contributed by atoms with E-state index in [1.807, 2.05) is 30.3 Å². The number of fused-ring (bicyclic) bond motifs is 1. The van der Waals surface area contributed by atoms with Crippen molar-refractivity contribution in [1.29, 1.82) is 0 Å². The molecule has 1 N–H and O–H groups in total. The Morgan fingerprint density at radius 1 is 1.00 bits per heavy atom. The molecule has 146 valence electrons. The lowest BCUT2D eigenvalue weighted by molar-refractivity contribution is 0.180. The van der Waals surface area contributed by atoms with Crippen LogP contribution in [0.15, 0.2) is 71.4 Å². The zero-order valence-electron chi connectivity index (χ0n) is 15.6. The minimum Gasteiger partial charge on any atom is -0.290 e. The van der Waals surface area contributed by atoms with E-state index in [0.29, 0.717) is 6.54 Å². The highest BCUT2D eigenvalue weighted by Gasteiger charge is 2.26. The van der Waals surface area contributed by atoms with Gasteiger partial charge in [0.15, 0.2) is 0 Å². The molecule has 1 unspecified atom stereocenters. The predicted molar refractivity (Wildman–Crippen MR) is 115 cm³/mol.